The van der Waals surface area contributed by atoms with Crippen LogP contribution in [0.2, 0.25) is 0 Å². The van der Waals surface area contributed by atoms with E-state index in [1.807, 2.05) is 6.07 Å². The van der Waals surface area contributed by atoms with Gasteiger partial charge in [0.15, 0.2) is 0 Å². The SMILES string of the molecule is c1cc(CNCCCOCC2CCCO2)co1. The van der Waals surface area contributed by atoms with Gasteiger partial charge in [-0.3, -0.25) is 0 Å². The van der Waals surface area contributed by atoms with E-state index in [1.165, 1.54) is 12.0 Å². The van der Waals surface area contributed by atoms with Gasteiger partial charge in [-0.1, -0.05) is 0 Å². The summed E-state index contributed by atoms with van der Waals surface area (Å²) in [5.74, 6) is 0. The number of rotatable bonds is 8. The molecular formula is C13H21NO3. The Morgan fingerprint density at radius 2 is 2.47 bits per heavy atom. The molecule has 0 radical (unpaired) electrons. The number of hydrogen-bond acceptors (Lipinski definition) is 4. The van der Waals surface area contributed by atoms with E-state index in [4.69, 9.17) is 13.9 Å². The standard InChI is InChI=1S/C13H21NO3/c1-3-13(17-7-1)11-15-6-2-5-14-9-12-4-8-16-10-12/h4,8,10,13-14H,1-3,5-7,9,11H2. The van der Waals surface area contributed by atoms with Crippen molar-refractivity contribution in [1.82, 2.24) is 5.32 Å². The lowest BCUT2D eigenvalue weighted by molar-refractivity contribution is 0.0166. The van der Waals surface area contributed by atoms with Gasteiger partial charge in [-0.25, -0.2) is 0 Å². The van der Waals surface area contributed by atoms with E-state index in [-0.39, 0.29) is 0 Å². The van der Waals surface area contributed by atoms with E-state index < -0.39 is 0 Å². The highest BCUT2D eigenvalue weighted by atomic mass is 16.5. The van der Waals surface area contributed by atoms with Crippen LogP contribution in [0.1, 0.15) is 24.8 Å². The smallest absolute Gasteiger partial charge is 0.0947 e. The van der Waals surface area contributed by atoms with Gasteiger partial charge in [0.1, 0.15) is 0 Å². The van der Waals surface area contributed by atoms with Crippen LogP contribution in [0.3, 0.4) is 0 Å². The van der Waals surface area contributed by atoms with Crippen molar-refractivity contribution in [3.63, 3.8) is 0 Å². The Morgan fingerprint density at radius 1 is 1.47 bits per heavy atom. The second kappa shape index (κ2) is 7.48. The summed E-state index contributed by atoms with van der Waals surface area (Å²) in [6, 6.07) is 1.97. The monoisotopic (exact) mass is 239 g/mol. The van der Waals surface area contributed by atoms with Crippen molar-refractivity contribution < 1.29 is 13.9 Å². The first kappa shape index (κ1) is 12.6. The lowest BCUT2D eigenvalue weighted by Gasteiger charge is -2.10. The van der Waals surface area contributed by atoms with Crippen LogP contribution >= 0.6 is 0 Å². The second-order valence-electron chi connectivity index (χ2n) is 4.37. The molecule has 0 bridgehead atoms. The number of hydrogen-bond donors (Lipinski definition) is 1. The van der Waals surface area contributed by atoms with Crippen molar-refractivity contribution in [2.75, 3.05) is 26.4 Å². The third-order valence-electron chi connectivity index (χ3n) is 2.88. The largest absolute Gasteiger partial charge is 0.472 e. The van der Waals surface area contributed by atoms with E-state index in [1.54, 1.807) is 12.5 Å². The van der Waals surface area contributed by atoms with Crippen molar-refractivity contribution in [2.24, 2.45) is 0 Å². The predicted molar refractivity (Wildman–Crippen MR) is 64.8 cm³/mol. The molecular weight excluding hydrogens is 218 g/mol. The molecule has 1 aromatic heterocycles. The van der Waals surface area contributed by atoms with Crippen LogP contribution < -0.4 is 5.32 Å². The molecule has 0 saturated carbocycles. The molecule has 17 heavy (non-hydrogen) atoms. The summed E-state index contributed by atoms with van der Waals surface area (Å²) in [6.07, 6.45) is 7.17. The molecule has 1 aromatic rings. The van der Waals surface area contributed by atoms with E-state index >= 15 is 0 Å². The van der Waals surface area contributed by atoms with E-state index in [2.05, 4.69) is 5.32 Å². The van der Waals surface area contributed by atoms with Crippen LogP contribution in [0, 0.1) is 0 Å². The first-order valence-electron chi connectivity index (χ1n) is 6.36. The summed E-state index contributed by atoms with van der Waals surface area (Å²) in [5, 5.41) is 3.34. The predicted octanol–water partition coefficient (Wildman–Crippen LogP) is 1.95. The maximum absolute atomic E-state index is 5.57. The van der Waals surface area contributed by atoms with Crippen LogP contribution in [0.5, 0.6) is 0 Å². The van der Waals surface area contributed by atoms with Gasteiger partial charge in [0.25, 0.3) is 0 Å². The molecule has 1 fully saturated rings. The Bertz CT molecular complexity index is 281. The van der Waals surface area contributed by atoms with Crippen LogP contribution in [-0.2, 0) is 16.0 Å². The Morgan fingerprint density at radius 3 is 3.24 bits per heavy atom. The molecule has 2 heterocycles. The molecule has 1 aliphatic heterocycles. The molecule has 0 aliphatic carbocycles. The number of ether oxygens (including phenoxy) is 2. The minimum atomic E-state index is 0.342. The Hall–Kier alpha value is -0.840. The molecule has 4 heteroatoms. The van der Waals surface area contributed by atoms with Crippen molar-refractivity contribution in [1.29, 1.82) is 0 Å². The summed E-state index contributed by atoms with van der Waals surface area (Å²) in [4.78, 5) is 0. The van der Waals surface area contributed by atoms with Crippen molar-refractivity contribution in [3.8, 4) is 0 Å². The first-order valence-corrected chi connectivity index (χ1v) is 6.36. The fourth-order valence-electron chi connectivity index (χ4n) is 1.92. The van der Waals surface area contributed by atoms with Gasteiger partial charge in [0.05, 0.1) is 25.2 Å². The summed E-state index contributed by atoms with van der Waals surface area (Å²) < 4.78 is 16.0. The molecule has 1 N–H and O–H groups in total. The second-order valence-corrected chi connectivity index (χ2v) is 4.37. The molecule has 1 aliphatic rings. The maximum atomic E-state index is 5.57. The van der Waals surface area contributed by atoms with E-state index in [0.717, 1.165) is 45.8 Å². The highest BCUT2D eigenvalue weighted by Crippen LogP contribution is 2.11. The Balaban J connectivity index is 1.39. The average Bonchev–Trinajstić information content (AvgIpc) is 3.00. The molecule has 2 rings (SSSR count). The molecule has 1 unspecified atom stereocenters. The number of furan rings is 1. The van der Waals surface area contributed by atoms with Crippen molar-refractivity contribution >= 4 is 0 Å². The zero-order chi connectivity index (χ0) is 11.8. The molecule has 0 amide bonds. The number of nitrogens with one attached hydrogen (secondary N) is 1. The van der Waals surface area contributed by atoms with Crippen LogP contribution in [-0.4, -0.2) is 32.5 Å². The topological polar surface area (TPSA) is 43.6 Å². The quantitative estimate of drug-likeness (QED) is 0.704. The molecule has 4 nitrogen and oxygen atoms in total. The molecule has 0 spiro atoms. The summed E-state index contributed by atoms with van der Waals surface area (Å²) >= 11 is 0. The molecule has 0 aromatic carbocycles. The van der Waals surface area contributed by atoms with Gasteiger partial charge in [-0.05, 0) is 31.9 Å². The van der Waals surface area contributed by atoms with Crippen LogP contribution in [0.25, 0.3) is 0 Å². The fourth-order valence-corrected chi connectivity index (χ4v) is 1.92. The zero-order valence-corrected chi connectivity index (χ0v) is 10.2. The van der Waals surface area contributed by atoms with Gasteiger partial charge in [-0.2, -0.15) is 0 Å². The lowest BCUT2D eigenvalue weighted by atomic mass is 10.2. The summed E-state index contributed by atoms with van der Waals surface area (Å²) in [6.45, 7) is 4.29. The minimum Gasteiger partial charge on any atom is -0.472 e. The van der Waals surface area contributed by atoms with E-state index in [0.29, 0.717) is 6.10 Å². The maximum Gasteiger partial charge on any atom is 0.0947 e. The first-order chi connectivity index (χ1) is 8.45. The van der Waals surface area contributed by atoms with Crippen molar-refractivity contribution in [2.45, 2.75) is 31.9 Å². The van der Waals surface area contributed by atoms with Gasteiger partial charge in [0.2, 0.25) is 0 Å². The Kier molecular flexibility index (Phi) is 5.55. The van der Waals surface area contributed by atoms with Crippen LogP contribution in [0.15, 0.2) is 23.0 Å². The summed E-state index contributed by atoms with van der Waals surface area (Å²) in [7, 11) is 0. The fraction of sp³-hybridized carbons (Fsp3) is 0.692. The van der Waals surface area contributed by atoms with E-state index in [9.17, 15) is 0 Å². The summed E-state index contributed by atoms with van der Waals surface area (Å²) in [5.41, 5.74) is 1.19. The zero-order valence-electron chi connectivity index (χ0n) is 10.2. The lowest BCUT2D eigenvalue weighted by Crippen LogP contribution is -2.18. The third-order valence-corrected chi connectivity index (χ3v) is 2.88. The van der Waals surface area contributed by atoms with Crippen LogP contribution in [0.4, 0.5) is 0 Å². The average molecular weight is 239 g/mol. The van der Waals surface area contributed by atoms with Gasteiger partial charge in [-0.15, -0.1) is 0 Å². The minimum absolute atomic E-state index is 0.342. The molecule has 1 atom stereocenters. The Labute approximate surface area is 102 Å². The normalized spacial score (nSPS) is 19.9. The van der Waals surface area contributed by atoms with Gasteiger partial charge < -0.3 is 19.2 Å². The van der Waals surface area contributed by atoms with Gasteiger partial charge in [0, 0.05) is 25.3 Å². The highest BCUT2D eigenvalue weighted by Gasteiger charge is 2.14. The highest BCUT2D eigenvalue weighted by molar-refractivity contribution is 5.04. The van der Waals surface area contributed by atoms with Crippen molar-refractivity contribution in [3.05, 3.63) is 24.2 Å². The van der Waals surface area contributed by atoms with Gasteiger partial charge >= 0.3 is 0 Å². The molecule has 1 saturated heterocycles. The molecule has 96 valence electrons. The third kappa shape index (κ3) is 4.89.